The van der Waals surface area contributed by atoms with E-state index in [1.54, 1.807) is 0 Å². The maximum Gasteiger partial charge on any atom is 0.0242 e. The maximum absolute atomic E-state index is 5.33. The van der Waals surface area contributed by atoms with Gasteiger partial charge in [0.1, 0.15) is 0 Å². The largest absolute Gasteiger partial charge is 0.317 e. The van der Waals surface area contributed by atoms with E-state index in [-0.39, 0.29) is 0 Å². The van der Waals surface area contributed by atoms with Crippen molar-refractivity contribution in [3.05, 3.63) is 35.4 Å². The average molecular weight is 199 g/mol. The Kier molecular flexibility index (Phi) is 3.42. The van der Waals surface area contributed by atoms with Crippen molar-refractivity contribution < 1.29 is 0 Å². The summed E-state index contributed by atoms with van der Waals surface area (Å²) in [6.07, 6.45) is 9.13. The lowest BCUT2D eigenvalue weighted by Gasteiger charge is -2.22. The lowest BCUT2D eigenvalue weighted by atomic mass is 9.91. The molecule has 0 unspecified atom stereocenters. The van der Waals surface area contributed by atoms with Gasteiger partial charge in [0.05, 0.1) is 0 Å². The van der Waals surface area contributed by atoms with Crippen LogP contribution in [0.3, 0.4) is 0 Å². The number of benzene rings is 1. The van der Waals surface area contributed by atoms with Gasteiger partial charge in [-0.05, 0) is 56.0 Å². The Labute approximate surface area is 91.9 Å². The van der Waals surface area contributed by atoms with Gasteiger partial charge in [0.15, 0.2) is 0 Å². The molecule has 0 radical (unpaired) electrons. The van der Waals surface area contributed by atoms with Crippen LogP contribution in [0.2, 0.25) is 0 Å². The van der Waals surface area contributed by atoms with Gasteiger partial charge in [-0.25, -0.2) is 0 Å². The molecule has 1 N–H and O–H groups in total. The molecule has 1 aliphatic rings. The van der Waals surface area contributed by atoms with E-state index >= 15 is 0 Å². The van der Waals surface area contributed by atoms with Crippen molar-refractivity contribution in [2.75, 3.05) is 13.1 Å². The topological polar surface area (TPSA) is 12.0 Å². The molecule has 1 nitrogen and oxygen atoms in total. The standard InChI is InChI=1S/C14H17N/c1-2-12-3-5-13(6-4-12)11-14-7-9-15-10-8-14/h1,3-6,14-15H,7-11H2. The zero-order chi connectivity index (χ0) is 10.5. The Morgan fingerprint density at radius 3 is 2.47 bits per heavy atom. The van der Waals surface area contributed by atoms with Crippen LogP contribution in [0.25, 0.3) is 0 Å². The van der Waals surface area contributed by atoms with Crippen molar-refractivity contribution in [3.63, 3.8) is 0 Å². The molecule has 0 saturated carbocycles. The molecule has 0 aromatic heterocycles. The molecule has 0 atom stereocenters. The summed E-state index contributed by atoms with van der Waals surface area (Å²) in [5.74, 6) is 3.50. The van der Waals surface area contributed by atoms with Crippen LogP contribution in [0.15, 0.2) is 24.3 Å². The second kappa shape index (κ2) is 5.00. The van der Waals surface area contributed by atoms with Crippen LogP contribution in [-0.2, 0) is 6.42 Å². The number of hydrogen-bond acceptors (Lipinski definition) is 1. The molecule has 78 valence electrons. The predicted octanol–water partition coefficient (Wildman–Crippen LogP) is 2.21. The first-order valence-corrected chi connectivity index (χ1v) is 5.65. The first-order chi connectivity index (χ1) is 7.38. The highest BCUT2D eigenvalue weighted by atomic mass is 14.9. The summed E-state index contributed by atoms with van der Waals surface area (Å²) in [7, 11) is 0. The van der Waals surface area contributed by atoms with Crippen molar-refractivity contribution >= 4 is 0 Å². The maximum atomic E-state index is 5.33. The Bertz CT molecular complexity index is 339. The van der Waals surface area contributed by atoms with Crippen LogP contribution in [0.5, 0.6) is 0 Å². The Balaban J connectivity index is 1.95. The van der Waals surface area contributed by atoms with E-state index in [9.17, 15) is 0 Å². The molecule has 0 aliphatic carbocycles. The van der Waals surface area contributed by atoms with E-state index in [1.807, 2.05) is 12.1 Å². The van der Waals surface area contributed by atoms with Gasteiger partial charge >= 0.3 is 0 Å². The number of piperidine rings is 1. The molecular formula is C14H17N. The molecule has 0 amide bonds. The van der Waals surface area contributed by atoms with E-state index in [4.69, 9.17) is 6.42 Å². The minimum absolute atomic E-state index is 0.850. The quantitative estimate of drug-likeness (QED) is 0.720. The van der Waals surface area contributed by atoms with Gasteiger partial charge in [-0.2, -0.15) is 0 Å². The summed E-state index contributed by atoms with van der Waals surface area (Å²) in [6, 6.07) is 8.40. The monoisotopic (exact) mass is 199 g/mol. The van der Waals surface area contributed by atoms with Gasteiger partial charge in [-0.1, -0.05) is 18.1 Å². The smallest absolute Gasteiger partial charge is 0.0242 e. The third kappa shape index (κ3) is 2.84. The number of terminal acetylenes is 1. The van der Waals surface area contributed by atoms with E-state index < -0.39 is 0 Å². The van der Waals surface area contributed by atoms with Crippen LogP contribution in [-0.4, -0.2) is 13.1 Å². The van der Waals surface area contributed by atoms with Gasteiger partial charge < -0.3 is 5.32 Å². The molecule has 1 saturated heterocycles. The summed E-state index contributed by atoms with van der Waals surface area (Å²) in [5.41, 5.74) is 2.39. The lowest BCUT2D eigenvalue weighted by Crippen LogP contribution is -2.28. The fraction of sp³-hybridized carbons (Fsp3) is 0.429. The summed E-state index contributed by atoms with van der Waals surface area (Å²) in [4.78, 5) is 0. The Morgan fingerprint density at radius 1 is 1.20 bits per heavy atom. The summed E-state index contributed by atoms with van der Waals surface area (Å²) in [5, 5.41) is 3.39. The molecule has 1 heteroatoms. The Morgan fingerprint density at radius 2 is 1.87 bits per heavy atom. The van der Waals surface area contributed by atoms with E-state index in [0.717, 1.165) is 11.5 Å². The van der Waals surface area contributed by atoms with E-state index in [1.165, 1.54) is 37.9 Å². The van der Waals surface area contributed by atoms with Crippen LogP contribution in [0.1, 0.15) is 24.0 Å². The molecule has 1 aliphatic heterocycles. The third-order valence-electron chi connectivity index (χ3n) is 3.10. The highest BCUT2D eigenvalue weighted by Crippen LogP contribution is 2.18. The van der Waals surface area contributed by atoms with Crippen molar-refractivity contribution in [1.29, 1.82) is 0 Å². The van der Waals surface area contributed by atoms with Crippen LogP contribution in [0, 0.1) is 18.3 Å². The lowest BCUT2D eigenvalue weighted by molar-refractivity contribution is 0.372. The van der Waals surface area contributed by atoms with Gasteiger partial charge in [0.25, 0.3) is 0 Å². The first kappa shape index (κ1) is 10.3. The molecule has 1 heterocycles. The molecular weight excluding hydrogens is 182 g/mol. The molecule has 15 heavy (non-hydrogen) atoms. The zero-order valence-corrected chi connectivity index (χ0v) is 9.00. The van der Waals surface area contributed by atoms with Crippen LogP contribution < -0.4 is 5.32 Å². The van der Waals surface area contributed by atoms with Gasteiger partial charge in [-0.3, -0.25) is 0 Å². The number of nitrogens with one attached hydrogen (secondary N) is 1. The normalized spacial score (nSPS) is 17.3. The van der Waals surface area contributed by atoms with E-state index in [0.29, 0.717) is 0 Å². The van der Waals surface area contributed by atoms with Crippen molar-refractivity contribution in [3.8, 4) is 12.3 Å². The summed E-state index contributed by atoms with van der Waals surface area (Å²) >= 11 is 0. The molecule has 0 bridgehead atoms. The van der Waals surface area contributed by atoms with E-state index in [2.05, 4.69) is 23.4 Å². The van der Waals surface area contributed by atoms with Crippen molar-refractivity contribution in [2.24, 2.45) is 5.92 Å². The molecule has 1 aromatic rings. The van der Waals surface area contributed by atoms with Gasteiger partial charge in [-0.15, -0.1) is 6.42 Å². The molecule has 1 fully saturated rings. The fourth-order valence-corrected chi connectivity index (χ4v) is 2.16. The summed E-state index contributed by atoms with van der Waals surface area (Å²) in [6.45, 7) is 2.35. The third-order valence-corrected chi connectivity index (χ3v) is 3.10. The van der Waals surface area contributed by atoms with Crippen LogP contribution >= 0.6 is 0 Å². The number of hydrogen-bond donors (Lipinski definition) is 1. The predicted molar refractivity (Wildman–Crippen MR) is 63.7 cm³/mol. The van der Waals surface area contributed by atoms with Crippen molar-refractivity contribution in [2.45, 2.75) is 19.3 Å². The van der Waals surface area contributed by atoms with Crippen LogP contribution in [0.4, 0.5) is 0 Å². The second-order valence-electron chi connectivity index (χ2n) is 4.24. The highest BCUT2D eigenvalue weighted by molar-refractivity contribution is 5.34. The first-order valence-electron chi connectivity index (χ1n) is 5.65. The summed E-state index contributed by atoms with van der Waals surface area (Å²) < 4.78 is 0. The molecule has 0 spiro atoms. The van der Waals surface area contributed by atoms with Gasteiger partial charge in [0, 0.05) is 5.56 Å². The second-order valence-corrected chi connectivity index (χ2v) is 4.24. The highest BCUT2D eigenvalue weighted by Gasteiger charge is 2.12. The number of rotatable bonds is 2. The average Bonchev–Trinajstić information content (AvgIpc) is 2.31. The fourth-order valence-electron chi connectivity index (χ4n) is 2.16. The Hall–Kier alpha value is -1.26. The van der Waals surface area contributed by atoms with Crippen molar-refractivity contribution in [1.82, 2.24) is 5.32 Å². The van der Waals surface area contributed by atoms with Gasteiger partial charge in [0.2, 0.25) is 0 Å². The SMILES string of the molecule is C#Cc1ccc(CC2CCNCC2)cc1. The molecule has 1 aromatic carbocycles. The zero-order valence-electron chi connectivity index (χ0n) is 9.00. The minimum Gasteiger partial charge on any atom is -0.317 e. The molecule has 2 rings (SSSR count). The minimum atomic E-state index is 0.850.